The summed E-state index contributed by atoms with van der Waals surface area (Å²) in [5.41, 5.74) is 3.84. The highest BCUT2D eigenvalue weighted by Crippen LogP contribution is 2.21. The fourth-order valence-corrected chi connectivity index (χ4v) is 3.29. The van der Waals surface area contributed by atoms with Crippen LogP contribution >= 0.6 is 0 Å². The number of rotatable bonds is 6. The third-order valence-corrected chi connectivity index (χ3v) is 4.72. The second-order valence-electron chi connectivity index (χ2n) is 6.57. The van der Waals surface area contributed by atoms with Crippen LogP contribution < -0.4 is 10.2 Å². The Morgan fingerprint density at radius 1 is 1.20 bits per heavy atom. The van der Waals surface area contributed by atoms with Crippen LogP contribution in [0, 0.1) is 0 Å². The molecule has 134 valence electrons. The molecule has 0 saturated carbocycles. The predicted molar refractivity (Wildman–Crippen MR) is 99.5 cm³/mol. The number of carbonyl (C=O) groups excluding carboxylic acids is 1. The van der Waals surface area contributed by atoms with Crippen LogP contribution in [0.3, 0.4) is 0 Å². The molecule has 1 aromatic heterocycles. The van der Waals surface area contributed by atoms with E-state index in [-0.39, 0.29) is 5.91 Å². The summed E-state index contributed by atoms with van der Waals surface area (Å²) in [6, 6.07) is 8.55. The number of aromatic nitrogens is 2. The van der Waals surface area contributed by atoms with Crippen molar-refractivity contribution in [1.82, 2.24) is 20.0 Å². The standard InChI is InChI=1S/C19H27N5O/c1-16(25)23-9-11-24(12-10-23)19-6-4-3-5-18(19)14-20-8-7-17-13-21-22(2)15-17/h3-6,13,15,20H,7-12,14H2,1-2H3. The minimum absolute atomic E-state index is 0.171. The van der Waals surface area contributed by atoms with Crippen molar-refractivity contribution in [2.45, 2.75) is 19.9 Å². The van der Waals surface area contributed by atoms with Gasteiger partial charge in [0.15, 0.2) is 0 Å². The second kappa shape index (κ2) is 8.16. The number of nitrogens with zero attached hydrogens (tertiary/aromatic N) is 4. The van der Waals surface area contributed by atoms with Crippen LogP contribution in [0.15, 0.2) is 36.7 Å². The summed E-state index contributed by atoms with van der Waals surface area (Å²) < 4.78 is 1.84. The summed E-state index contributed by atoms with van der Waals surface area (Å²) in [4.78, 5) is 15.8. The Labute approximate surface area is 149 Å². The van der Waals surface area contributed by atoms with E-state index in [0.717, 1.165) is 45.7 Å². The van der Waals surface area contributed by atoms with Crippen molar-refractivity contribution in [1.29, 1.82) is 0 Å². The monoisotopic (exact) mass is 341 g/mol. The smallest absolute Gasteiger partial charge is 0.219 e. The van der Waals surface area contributed by atoms with Gasteiger partial charge in [0.1, 0.15) is 0 Å². The molecule has 0 spiro atoms. The third-order valence-electron chi connectivity index (χ3n) is 4.72. The maximum absolute atomic E-state index is 11.5. The lowest BCUT2D eigenvalue weighted by Crippen LogP contribution is -2.48. The van der Waals surface area contributed by atoms with Crippen LogP contribution in [-0.4, -0.2) is 53.3 Å². The lowest BCUT2D eigenvalue weighted by atomic mass is 10.1. The summed E-state index contributed by atoms with van der Waals surface area (Å²) in [6.07, 6.45) is 4.96. The molecule has 1 fully saturated rings. The topological polar surface area (TPSA) is 53.4 Å². The van der Waals surface area contributed by atoms with E-state index in [1.165, 1.54) is 16.8 Å². The Morgan fingerprint density at radius 2 is 1.96 bits per heavy atom. The highest BCUT2D eigenvalue weighted by Gasteiger charge is 2.20. The third kappa shape index (κ3) is 4.60. The Balaban J connectivity index is 1.53. The Bertz CT molecular complexity index is 703. The average molecular weight is 341 g/mol. The van der Waals surface area contributed by atoms with Crippen LogP contribution in [-0.2, 0) is 24.8 Å². The fraction of sp³-hybridized carbons (Fsp3) is 0.474. The van der Waals surface area contributed by atoms with E-state index in [1.807, 2.05) is 22.8 Å². The van der Waals surface area contributed by atoms with Crippen LogP contribution in [0.2, 0.25) is 0 Å². The number of hydrogen-bond acceptors (Lipinski definition) is 4. The molecule has 0 radical (unpaired) electrons. The molecule has 0 atom stereocenters. The van der Waals surface area contributed by atoms with Gasteiger partial charge in [0.25, 0.3) is 0 Å². The van der Waals surface area contributed by atoms with Gasteiger partial charge >= 0.3 is 0 Å². The number of carbonyl (C=O) groups is 1. The van der Waals surface area contributed by atoms with E-state index in [4.69, 9.17) is 0 Å². The van der Waals surface area contributed by atoms with Crippen molar-refractivity contribution in [2.24, 2.45) is 7.05 Å². The van der Waals surface area contributed by atoms with Crippen molar-refractivity contribution in [3.05, 3.63) is 47.8 Å². The van der Waals surface area contributed by atoms with Gasteiger partial charge in [-0.15, -0.1) is 0 Å². The Hall–Kier alpha value is -2.34. The molecule has 0 bridgehead atoms. The zero-order valence-electron chi connectivity index (χ0n) is 15.1. The number of anilines is 1. The van der Waals surface area contributed by atoms with Gasteiger partial charge in [-0.1, -0.05) is 18.2 Å². The first-order chi connectivity index (χ1) is 12.1. The molecule has 1 saturated heterocycles. The van der Waals surface area contributed by atoms with E-state index in [0.29, 0.717) is 0 Å². The predicted octanol–water partition coefficient (Wildman–Crippen LogP) is 1.42. The number of hydrogen-bond donors (Lipinski definition) is 1. The van der Waals surface area contributed by atoms with Gasteiger partial charge in [-0.25, -0.2) is 0 Å². The molecule has 6 heteroatoms. The molecular weight excluding hydrogens is 314 g/mol. The second-order valence-corrected chi connectivity index (χ2v) is 6.57. The normalized spacial score (nSPS) is 14.8. The summed E-state index contributed by atoms with van der Waals surface area (Å²) in [7, 11) is 1.94. The van der Waals surface area contributed by atoms with Crippen molar-refractivity contribution in [2.75, 3.05) is 37.6 Å². The van der Waals surface area contributed by atoms with Gasteiger partial charge in [0, 0.05) is 58.6 Å². The molecule has 6 nitrogen and oxygen atoms in total. The van der Waals surface area contributed by atoms with E-state index >= 15 is 0 Å². The minimum Gasteiger partial charge on any atom is -0.368 e. The molecule has 0 aliphatic carbocycles. The van der Waals surface area contributed by atoms with Crippen molar-refractivity contribution in [3.8, 4) is 0 Å². The number of piperazine rings is 1. The zero-order chi connectivity index (χ0) is 17.6. The van der Waals surface area contributed by atoms with Gasteiger partial charge in [-0.2, -0.15) is 5.10 Å². The number of benzene rings is 1. The number of amides is 1. The largest absolute Gasteiger partial charge is 0.368 e. The van der Waals surface area contributed by atoms with Crippen LogP contribution in [0.1, 0.15) is 18.1 Å². The van der Waals surface area contributed by atoms with Crippen LogP contribution in [0.5, 0.6) is 0 Å². The molecular formula is C19H27N5O. The number of para-hydroxylation sites is 1. The van der Waals surface area contributed by atoms with Gasteiger partial charge in [0.2, 0.25) is 5.91 Å². The van der Waals surface area contributed by atoms with Gasteiger partial charge < -0.3 is 15.1 Å². The fourth-order valence-electron chi connectivity index (χ4n) is 3.29. The quantitative estimate of drug-likeness (QED) is 0.808. The molecule has 1 N–H and O–H groups in total. The van der Waals surface area contributed by atoms with Crippen molar-refractivity contribution < 1.29 is 4.79 Å². The summed E-state index contributed by atoms with van der Waals surface area (Å²) >= 11 is 0. The average Bonchev–Trinajstić information content (AvgIpc) is 3.04. The minimum atomic E-state index is 0.171. The van der Waals surface area contributed by atoms with E-state index < -0.39 is 0 Å². The Morgan fingerprint density at radius 3 is 2.64 bits per heavy atom. The van der Waals surface area contributed by atoms with Gasteiger partial charge in [0.05, 0.1) is 6.20 Å². The van der Waals surface area contributed by atoms with Gasteiger partial charge in [-0.3, -0.25) is 9.48 Å². The summed E-state index contributed by atoms with van der Waals surface area (Å²) in [5.74, 6) is 0.171. The van der Waals surface area contributed by atoms with Crippen molar-refractivity contribution >= 4 is 11.6 Å². The molecule has 1 aliphatic heterocycles. The Kier molecular flexibility index (Phi) is 5.71. The first-order valence-corrected chi connectivity index (χ1v) is 8.90. The lowest BCUT2D eigenvalue weighted by Gasteiger charge is -2.36. The molecule has 2 heterocycles. The SMILES string of the molecule is CC(=O)N1CCN(c2ccccc2CNCCc2cnn(C)c2)CC1. The highest BCUT2D eigenvalue weighted by molar-refractivity contribution is 5.73. The molecule has 1 aromatic carbocycles. The van der Waals surface area contributed by atoms with E-state index in [9.17, 15) is 4.79 Å². The highest BCUT2D eigenvalue weighted by atomic mass is 16.2. The summed E-state index contributed by atoms with van der Waals surface area (Å²) in [6.45, 7) is 6.83. The molecule has 1 amide bonds. The lowest BCUT2D eigenvalue weighted by molar-refractivity contribution is -0.129. The molecule has 0 unspecified atom stereocenters. The molecule has 25 heavy (non-hydrogen) atoms. The van der Waals surface area contributed by atoms with Gasteiger partial charge in [-0.05, 0) is 30.2 Å². The van der Waals surface area contributed by atoms with E-state index in [1.54, 1.807) is 6.92 Å². The maximum atomic E-state index is 11.5. The molecule has 3 rings (SSSR count). The first kappa shape index (κ1) is 17.5. The van der Waals surface area contributed by atoms with Crippen molar-refractivity contribution in [3.63, 3.8) is 0 Å². The first-order valence-electron chi connectivity index (χ1n) is 8.90. The molecule has 2 aromatic rings. The van der Waals surface area contributed by atoms with E-state index in [2.05, 4.69) is 45.8 Å². The zero-order valence-corrected chi connectivity index (χ0v) is 15.1. The molecule has 1 aliphatic rings. The maximum Gasteiger partial charge on any atom is 0.219 e. The summed E-state index contributed by atoms with van der Waals surface area (Å²) in [5, 5.41) is 7.74. The number of nitrogens with one attached hydrogen (secondary N) is 1. The number of aryl methyl sites for hydroxylation is 1. The van der Waals surface area contributed by atoms with Crippen LogP contribution in [0.4, 0.5) is 5.69 Å². The van der Waals surface area contributed by atoms with Crippen LogP contribution in [0.25, 0.3) is 0 Å².